The molecule has 0 amide bonds. The number of aliphatic carboxylic acids is 1. The van der Waals surface area contributed by atoms with Crippen LogP contribution in [0, 0.1) is 20.2 Å². The van der Waals surface area contributed by atoms with Crippen LogP contribution in [-0.4, -0.2) is 40.7 Å². The molecule has 0 fully saturated rings. The van der Waals surface area contributed by atoms with Gasteiger partial charge in [0.1, 0.15) is 6.61 Å². The standard InChI is InChI=1S/C20H16ClN5O7/c21-15-9-12(25(29)30)10-18(26(31)32)20(15)24-23-17-6-5-16(13-3-1-2-4-14(13)17)22-7-8-33-11-19(27)28/h1-6,9-10,22H,7-8,11H2,(H,27,28)/b24-23-. The van der Waals surface area contributed by atoms with Gasteiger partial charge in [0.25, 0.3) is 5.69 Å². The molecule has 170 valence electrons. The minimum absolute atomic E-state index is 0.185. The Morgan fingerprint density at radius 3 is 2.45 bits per heavy atom. The molecule has 13 heteroatoms. The number of nitrogens with one attached hydrogen (secondary N) is 1. The van der Waals surface area contributed by atoms with Crippen LogP contribution in [-0.2, 0) is 9.53 Å². The summed E-state index contributed by atoms with van der Waals surface area (Å²) in [6, 6.07) is 12.3. The van der Waals surface area contributed by atoms with E-state index in [1.54, 1.807) is 24.3 Å². The number of ether oxygens (including phenoxy) is 1. The first-order chi connectivity index (χ1) is 15.8. The molecule has 0 unspecified atom stereocenters. The van der Waals surface area contributed by atoms with Gasteiger partial charge in [-0.1, -0.05) is 35.9 Å². The summed E-state index contributed by atoms with van der Waals surface area (Å²) in [5.41, 5.74) is -0.334. The van der Waals surface area contributed by atoms with Crippen LogP contribution in [0.3, 0.4) is 0 Å². The van der Waals surface area contributed by atoms with E-state index >= 15 is 0 Å². The lowest BCUT2D eigenvalue weighted by molar-refractivity contribution is -0.393. The fourth-order valence-corrected chi connectivity index (χ4v) is 3.21. The smallest absolute Gasteiger partial charge is 0.329 e. The van der Waals surface area contributed by atoms with E-state index < -0.39 is 27.2 Å². The predicted molar refractivity (Wildman–Crippen MR) is 120 cm³/mol. The first-order valence-corrected chi connectivity index (χ1v) is 9.75. The highest BCUT2D eigenvalue weighted by Gasteiger charge is 2.23. The van der Waals surface area contributed by atoms with E-state index in [-0.39, 0.29) is 23.9 Å². The van der Waals surface area contributed by atoms with Crippen molar-refractivity contribution in [3.63, 3.8) is 0 Å². The van der Waals surface area contributed by atoms with Gasteiger partial charge in [-0.3, -0.25) is 20.2 Å². The van der Waals surface area contributed by atoms with E-state index in [4.69, 9.17) is 21.4 Å². The number of benzene rings is 3. The highest BCUT2D eigenvalue weighted by molar-refractivity contribution is 6.33. The zero-order chi connectivity index (χ0) is 24.0. The number of nitrogens with zero attached hydrogens (tertiary/aromatic N) is 4. The Kier molecular flexibility index (Phi) is 7.43. The van der Waals surface area contributed by atoms with Gasteiger partial charge in [-0.05, 0) is 12.1 Å². The van der Waals surface area contributed by atoms with Crippen molar-refractivity contribution in [3.05, 3.63) is 73.8 Å². The normalized spacial score (nSPS) is 11.1. The first kappa shape index (κ1) is 23.5. The summed E-state index contributed by atoms with van der Waals surface area (Å²) in [6.07, 6.45) is 0. The number of fused-ring (bicyclic) bond motifs is 1. The number of nitro benzene ring substituents is 2. The van der Waals surface area contributed by atoms with Crippen LogP contribution in [0.1, 0.15) is 0 Å². The fourth-order valence-electron chi connectivity index (χ4n) is 2.96. The highest BCUT2D eigenvalue weighted by Crippen LogP contribution is 2.40. The zero-order valence-electron chi connectivity index (χ0n) is 16.8. The highest BCUT2D eigenvalue weighted by atomic mass is 35.5. The molecule has 0 aliphatic carbocycles. The Morgan fingerprint density at radius 1 is 1.06 bits per heavy atom. The largest absolute Gasteiger partial charge is 0.480 e. The van der Waals surface area contributed by atoms with Crippen LogP contribution in [0.25, 0.3) is 10.8 Å². The molecule has 0 atom stereocenters. The van der Waals surface area contributed by atoms with Gasteiger partial charge < -0.3 is 15.2 Å². The lowest BCUT2D eigenvalue weighted by Crippen LogP contribution is -2.14. The number of anilines is 1. The third-order valence-corrected chi connectivity index (χ3v) is 4.67. The molecule has 2 N–H and O–H groups in total. The molecule has 0 radical (unpaired) electrons. The zero-order valence-corrected chi connectivity index (χ0v) is 17.6. The van der Waals surface area contributed by atoms with Gasteiger partial charge in [0.15, 0.2) is 5.69 Å². The monoisotopic (exact) mass is 473 g/mol. The topological polar surface area (TPSA) is 170 Å². The minimum Gasteiger partial charge on any atom is -0.480 e. The van der Waals surface area contributed by atoms with Crippen LogP contribution >= 0.6 is 11.6 Å². The summed E-state index contributed by atoms with van der Waals surface area (Å²) in [5.74, 6) is -1.05. The number of non-ortho nitro benzene ring substituents is 1. The molecular weight excluding hydrogens is 458 g/mol. The minimum atomic E-state index is -1.05. The first-order valence-electron chi connectivity index (χ1n) is 9.37. The average molecular weight is 474 g/mol. The summed E-state index contributed by atoms with van der Waals surface area (Å²) in [6.45, 7) is 0.159. The van der Waals surface area contributed by atoms with Crippen LogP contribution in [0.4, 0.5) is 28.4 Å². The van der Waals surface area contributed by atoms with Crippen molar-refractivity contribution in [1.29, 1.82) is 0 Å². The quantitative estimate of drug-likeness (QED) is 0.174. The van der Waals surface area contributed by atoms with E-state index in [1.807, 2.05) is 12.1 Å². The molecule has 12 nitrogen and oxygen atoms in total. The second-order valence-corrected chi connectivity index (χ2v) is 6.97. The van der Waals surface area contributed by atoms with E-state index in [0.717, 1.165) is 23.2 Å². The SMILES string of the molecule is O=C(O)COCCNc1ccc(/N=N\c2c(Cl)cc([N+](=O)[O-])cc2[N+](=O)[O-])c2ccccc12. The lowest BCUT2D eigenvalue weighted by atomic mass is 10.1. The maximum absolute atomic E-state index is 11.4. The number of halogens is 1. The Morgan fingerprint density at radius 2 is 1.79 bits per heavy atom. The number of carboxylic acids is 1. The molecule has 3 aromatic rings. The van der Waals surface area contributed by atoms with Crippen LogP contribution < -0.4 is 5.32 Å². The number of carbonyl (C=O) groups is 1. The van der Waals surface area contributed by atoms with Gasteiger partial charge >= 0.3 is 11.7 Å². The third-order valence-electron chi connectivity index (χ3n) is 4.38. The summed E-state index contributed by atoms with van der Waals surface area (Å²) >= 11 is 6.01. The van der Waals surface area contributed by atoms with Crippen molar-refractivity contribution in [2.45, 2.75) is 0 Å². The van der Waals surface area contributed by atoms with E-state index in [2.05, 4.69) is 15.5 Å². The number of nitro groups is 2. The Hall–Kier alpha value is -4.16. The van der Waals surface area contributed by atoms with Crippen LogP contribution in [0.2, 0.25) is 5.02 Å². The van der Waals surface area contributed by atoms with Crippen molar-refractivity contribution < 1.29 is 24.5 Å². The molecule has 0 aliphatic rings. The number of rotatable bonds is 10. The summed E-state index contributed by atoms with van der Waals surface area (Å²) < 4.78 is 5.00. The van der Waals surface area contributed by atoms with Gasteiger partial charge in [0, 0.05) is 29.1 Å². The molecule has 3 aromatic carbocycles. The number of hydrogen-bond acceptors (Lipinski definition) is 9. The molecule has 0 bridgehead atoms. The molecule has 0 aromatic heterocycles. The van der Waals surface area contributed by atoms with E-state index in [0.29, 0.717) is 17.6 Å². The molecule has 0 heterocycles. The summed E-state index contributed by atoms with van der Waals surface area (Å²) in [5, 5.41) is 43.3. The number of azo groups is 1. The summed E-state index contributed by atoms with van der Waals surface area (Å²) in [4.78, 5) is 31.2. The van der Waals surface area contributed by atoms with Crippen molar-refractivity contribution in [2.75, 3.05) is 25.1 Å². The summed E-state index contributed by atoms with van der Waals surface area (Å²) in [7, 11) is 0. The molecular formula is C20H16ClN5O7. The fraction of sp³-hybridized carbons (Fsp3) is 0.150. The second-order valence-electron chi connectivity index (χ2n) is 6.56. The maximum atomic E-state index is 11.4. The number of hydrogen-bond donors (Lipinski definition) is 2. The Balaban J connectivity index is 1.91. The lowest BCUT2D eigenvalue weighted by Gasteiger charge is -2.11. The van der Waals surface area contributed by atoms with E-state index in [9.17, 15) is 25.0 Å². The second kappa shape index (κ2) is 10.4. The van der Waals surface area contributed by atoms with Crippen molar-refractivity contribution in [2.24, 2.45) is 10.2 Å². The van der Waals surface area contributed by atoms with Crippen LogP contribution in [0.5, 0.6) is 0 Å². The average Bonchev–Trinajstić information content (AvgIpc) is 2.77. The Labute approximate surface area is 190 Å². The maximum Gasteiger partial charge on any atom is 0.329 e. The molecule has 0 spiro atoms. The molecule has 0 saturated heterocycles. The predicted octanol–water partition coefficient (Wildman–Crippen LogP) is 5.24. The van der Waals surface area contributed by atoms with Crippen LogP contribution in [0.15, 0.2) is 58.8 Å². The Bertz CT molecular complexity index is 1270. The molecule has 0 aliphatic heterocycles. The van der Waals surface area contributed by atoms with Gasteiger partial charge in [-0.15, -0.1) is 10.2 Å². The molecule has 0 saturated carbocycles. The molecule has 3 rings (SSSR count). The van der Waals surface area contributed by atoms with Crippen molar-refractivity contribution in [1.82, 2.24) is 0 Å². The van der Waals surface area contributed by atoms with Gasteiger partial charge in [0.05, 0.1) is 33.2 Å². The number of carboxylic acid groups (broad SMARTS) is 1. The molecule has 33 heavy (non-hydrogen) atoms. The van der Waals surface area contributed by atoms with Gasteiger partial charge in [0.2, 0.25) is 0 Å². The van der Waals surface area contributed by atoms with Gasteiger partial charge in [-0.25, -0.2) is 4.79 Å². The van der Waals surface area contributed by atoms with E-state index in [1.165, 1.54) is 0 Å². The third kappa shape index (κ3) is 5.75. The van der Waals surface area contributed by atoms with Crippen molar-refractivity contribution >= 4 is 56.8 Å². The van der Waals surface area contributed by atoms with Gasteiger partial charge in [-0.2, -0.15) is 0 Å². The van der Waals surface area contributed by atoms with Crippen molar-refractivity contribution in [3.8, 4) is 0 Å².